The Labute approximate surface area is 108 Å². The summed E-state index contributed by atoms with van der Waals surface area (Å²) in [5, 5.41) is 0. The summed E-state index contributed by atoms with van der Waals surface area (Å²) in [5.74, 6) is 3.22. The van der Waals surface area contributed by atoms with E-state index in [4.69, 9.17) is 12.2 Å². The predicted octanol–water partition coefficient (Wildman–Crippen LogP) is 2.13. The summed E-state index contributed by atoms with van der Waals surface area (Å²) in [6.45, 7) is 2.55. The van der Waals surface area contributed by atoms with Crippen LogP contribution in [0.1, 0.15) is 24.0 Å². The van der Waals surface area contributed by atoms with Crippen molar-refractivity contribution in [2.75, 3.05) is 13.1 Å². The van der Waals surface area contributed by atoms with Crippen molar-refractivity contribution < 1.29 is 4.39 Å². The van der Waals surface area contributed by atoms with Crippen LogP contribution in [-0.4, -0.2) is 18.0 Å². The Hall–Kier alpha value is -1.37. The topological polar surface area (TPSA) is 29.3 Å². The minimum absolute atomic E-state index is 0.176. The summed E-state index contributed by atoms with van der Waals surface area (Å²) in [7, 11) is 0. The number of rotatable bonds is 6. The van der Waals surface area contributed by atoms with Crippen molar-refractivity contribution in [2.24, 2.45) is 11.7 Å². The molecule has 3 heteroatoms. The molecule has 0 spiro atoms. The van der Waals surface area contributed by atoms with E-state index in [0.29, 0.717) is 25.2 Å². The lowest BCUT2D eigenvalue weighted by Crippen LogP contribution is -2.26. The molecular formula is C15H19FN2. The fourth-order valence-corrected chi connectivity index (χ4v) is 2.10. The maximum absolute atomic E-state index is 13.7. The second-order valence-corrected chi connectivity index (χ2v) is 4.95. The molecule has 0 aliphatic heterocycles. The van der Waals surface area contributed by atoms with Crippen molar-refractivity contribution in [1.29, 1.82) is 0 Å². The van der Waals surface area contributed by atoms with Gasteiger partial charge in [0.2, 0.25) is 0 Å². The number of terminal acetylenes is 1. The highest BCUT2D eigenvalue weighted by atomic mass is 19.1. The van der Waals surface area contributed by atoms with Crippen molar-refractivity contribution in [3.63, 3.8) is 0 Å². The first kappa shape index (κ1) is 13.1. The highest BCUT2D eigenvalue weighted by Crippen LogP contribution is 2.30. The van der Waals surface area contributed by atoms with Gasteiger partial charge in [-0.05, 0) is 30.4 Å². The van der Waals surface area contributed by atoms with Crippen LogP contribution >= 0.6 is 0 Å². The van der Waals surface area contributed by atoms with Crippen LogP contribution in [-0.2, 0) is 13.1 Å². The van der Waals surface area contributed by atoms with Crippen molar-refractivity contribution in [3.8, 4) is 12.3 Å². The minimum atomic E-state index is -0.176. The van der Waals surface area contributed by atoms with Gasteiger partial charge in [0.05, 0.1) is 6.54 Å². The second kappa shape index (κ2) is 5.99. The molecule has 1 fully saturated rings. The van der Waals surface area contributed by atoms with E-state index in [2.05, 4.69) is 10.8 Å². The Balaban J connectivity index is 2.06. The molecule has 0 aromatic heterocycles. The van der Waals surface area contributed by atoms with Gasteiger partial charge in [-0.15, -0.1) is 6.42 Å². The van der Waals surface area contributed by atoms with E-state index in [-0.39, 0.29) is 5.82 Å². The lowest BCUT2D eigenvalue weighted by atomic mass is 10.1. The fourth-order valence-electron chi connectivity index (χ4n) is 2.10. The van der Waals surface area contributed by atoms with Crippen molar-refractivity contribution >= 4 is 0 Å². The van der Waals surface area contributed by atoms with Gasteiger partial charge in [-0.2, -0.15) is 0 Å². The Morgan fingerprint density at radius 1 is 1.44 bits per heavy atom. The number of nitrogens with two attached hydrogens (primary N) is 1. The number of halogens is 1. The first-order chi connectivity index (χ1) is 8.72. The van der Waals surface area contributed by atoms with Gasteiger partial charge < -0.3 is 5.73 Å². The highest BCUT2D eigenvalue weighted by Gasteiger charge is 2.24. The Morgan fingerprint density at radius 3 is 2.83 bits per heavy atom. The molecule has 18 heavy (non-hydrogen) atoms. The van der Waals surface area contributed by atoms with Gasteiger partial charge >= 0.3 is 0 Å². The van der Waals surface area contributed by atoms with E-state index in [1.54, 1.807) is 6.07 Å². The zero-order valence-corrected chi connectivity index (χ0v) is 10.5. The maximum atomic E-state index is 13.7. The van der Waals surface area contributed by atoms with Gasteiger partial charge in [-0.3, -0.25) is 4.90 Å². The van der Waals surface area contributed by atoms with Gasteiger partial charge in [0.1, 0.15) is 5.82 Å². The molecule has 0 radical (unpaired) electrons. The molecule has 2 rings (SSSR count). The average molecular weight is 246 g/mol. The third kappa shape index (κ3) is 3.56. The summed E-state index contributed by atoms with van der Waals surface area (Å²) >= 11 is 0. The second-order valence-electron chi connectivity index (χ2n) is 4.95. The SMILES string of the molecule is C#CCN(Cc1cc(CN)ccc1F)CC1CC1. The van der Waals surface area contributed by atoms with Crippen LogP contribution in [0.15, 0.2) is 18.2 Å². The zero-order valence-electron chi connectivity index (χ0n) is 10.5. The predicted molar refractivity (Wildman–Crippen MR) is 71.1 cm³/mol. The van der Waals surface area contributed by atoms with Crippen LogP contribution in [0, 0.1) is 24.1 Å². The van der Waals surface area contributed by atoms with Crippen LogP contribution < -0.4 is 5.73 Å². The summed E-state index contributed by atoms with van der Waals surface area (Å²) in [6, 6.07) is 5.06. The standard InChI is InChI=1S/C15H19FN2/c1-2-7-18(10-12-3-4-12)11-14-8-13(9-17)5-6-15(14)16/h1,5-6,8,12H,3-4,7,9-11,17H2. The molecule has 1 aliphatic carbocycles. The smallest absolute Gasteiger partial charge is 0.127 e. The average Bonchev–Trinajstić information content (AvgIpc) is 3.16. The normalized spacial score (nSPS) is 14.8. The molecule has 1 aromatic carbocycles. The lowest BCUT2D eigenvalue weighted by Gasteiger charge is -2.20. The minimum Gasteiger partial charge on any atom is -0.326 e. The number of hydrogen-bond acceptors (Lipinski definition) is 2. The number of benzene rings is 1. The number of hydrogen-bond donors (Lipinski definition) is 1. The third-order valence-electron chi connectivity index (χ3n) is 3.27. The summed E-state index contributed by atoms with van der Waals surface area (Å²) in [6.07, 6.45) is 7.91. The summed E-state index contributed by atoms with van der Waals surface area (Å²) in [4.78, 5) is 2.14. The van der Waals surface area contributed by atoms with Gasteiger partial charge in [-0.25, -0.2) is 4.39 Å². The van der Waals surface area contributed by atoms with E-state index in [1.807, 2.05) is 6.07 Å². The molecule has 96 valence electrons. The fraction of sp³-hybridized carbons (Fsp3) is 0.467. The van der Waals surface area contributed by atoms with Crippen LogP contribution in [0.3, 0.4) is 0 Å². The van der Waals surface area contributed by atoms with Crippen molar-refractivity contribution in [1.82, 2.24) is 4.90 Å². The molecule has 0 heterocycles. The molecule has 0 atom stereocenters. The molecule has 1 aromatic rings. The third-order valence-corrected chi connectivity index (χ3v) is 3.27. The van der Waals surface area contributed by atoms with E-state index < -0.39 is 0 Å². The molecule has 2 N–H and O–H groups in total. The Morgan fingerprint density at radius 2 is 2.22 bits per heavy atom. The Kier molecular flexibility index (Phi) is 4.35. The van der Waals surface area contributed by atoms with Gasteiger partial charge in [-0.1, -0.05) is 18.1 Å². The van der Waals surface area contributed by atoms with Crippen LogP contribution in [0.25, 0.3) is 0 Å². The quantitative estimate of drug-likeness (QED) is 0.779. The van der Waals surface area contributed by atoms with Gasteiger partial charge in [0.15, 0.2) is 0 Å². The monoisotopic (exact) mass is 246 g/mol. The van der Waals surface area contributed by atoms with E-state index in [9.17, 15) is 4.39 Å². The molecule has 1 aliphatic rings. The molecule has 0 saturated heterocycles. The molecule has 0 unspecified atom stereocenters. The van der Waals surface area contributed by atoms with E-state index >= 15 is 0 Å². The van der Waals surface area contributed by atoms with E-state index in [0.717, 1.165) is 18.0 Å². The summed E-state index contributed by atoms with van der Waals surface area (Å²) in [5.41, 5.74) is 7.23. The lowest BCUT2D eigenvalue weighted by molar-refractivity contribution is 0.282. The molecule has 0 bridgehead atoms. The first-order valence-electron chi connectivity index (χ1n) is 6.36. The first-order valence-corrected chi connectivity index (χ1v) is 6.36. The Bertz CT molecular complexity index is 446. The molecule has 0 amide bonds. The number of nitrogens with zero attached hydrogens (tertiary/aromatic N) is 1. The van der Waals surface area contributed by atoms with Crippen LogP contribution in [0.5, 0.6) is 0 Å². The van der Waals surface area contributed by atoms with Crippen LogP contribution in [0.4, 0.5) is 4.39 Å². The van der Waals surface area contributed by atoms with E-state index in [1.165, 1.54) is 18.9 Å². The van der Waals surface area contributed by atoms with Crippen molar-refractivity contribution in [3.05, 3.63) is 35.1 Å². The maximum Gasteiger partial charge on any atom is 0.127 e. The van der Waals surface area contributed by atoms with Gasteiger partial charge in [0, 0.05) is 25.2 Å². The zero-order chi connectivity index (χ0) is 13.0. The summed E-state index contributed by atoms with van der Waals surface area (Å²) < 4.78 is 13.7. The molecule has 2 nitrogen and oxygen atoms in total. The van der Waals surface area contributed by atoms with Crippen molar-refractivity contribution in [2.45, 2.75) is 25.9 Å². The largest absolute Gasteiger partial charge is 0.326 e. The molecule has 1 saturated carbocycles. The van der Waals surface area contributed by atoms with Crippen LogP contribution in [0.2, 0.25) is 0 Å². The highest BCUT2D eigenvalue weighted by molar-refractivity contribution is 5.25. The molecular weight excluding hydrogens is 227 g/mol. The van der Waals surface area contributed by atoms with Gasteiger partial charge in [0.25, 0.3) is 0 Å².